The monoisotopic (exact) mass is 265 g/mol. The predicted molar refractivity (Wildman–Crippen MR) is 73.7 cm³/mol. The molecule has 1 aliphatic rings. The Morgan fingerprint density at radius 3 is 2.67 bits per heavy atom. The van der Waals surface area contributed by atoms with Gasteiger partial charge in [-0.1, -0.05) is 17.7 Å². The number of rotatable bonds is 5. The molecule has 0 spiro atoms. The van der Waals surface area contributed by atoms with Gasteiger partial charge in [0.05, 0.1) is 0 Å². The van der Waals surface area contributed by atoms with E-state index in [0.717, 1.165) is 18.8 Å². The zero-order valence-corrected chi connectivity index (χ0v) is 11.4. The van der Waals surface area contributed by atoms with Crippen LogP contribution < -0.4 is 0 Å². The molecule has 1 heterocycles. The van der Waals surface area contributed by atoms with Gasteiger partial charge >= 0.3 is 0 Å². The number of benzene rings is 1. The van der Waals surface area contributed by atoms with E-state index in [4.69, 9.17) is 5.11 Å². The zero-order chi connectivity index (χ0) is 13.0. The standard InChI is InChI=1S/C14H19NO2S/c1-11-2-4-13(5-3-11)18-7-6-14(17)15-8-12(9-15)10-16/h2-5,12,16H,6-10H2,1H3. The van der Waals surface area contributed by atoms with Gasteiger partial charge in [-0.15, -0.1) is 11.8 Å². The quantitative estimate of drug-likeness (QED) is 0.827. The summed E-state index contributed by atoms with van der Waals surface area (Å²) in [7, 11) is 0. The smallest absolute Gasteiger partial charge is 0.223 e. The number of thioether (sulfide) groups is 1. The summed E-state index contributed by atoms with van der Waals surface area (Å²) in [6, 6.07) is 8.36. The summed E-state index contributed by atoms with van der Waals surface area (Å²) < 4.78 is 0. The van der Waals surface area contributed by atoms with E-state index in [2.05, 4.69) is 31.2 Å². The predicted octanol–water partition coefficient (Wildman–Crippen LogP) is 1.93. The fraction of sp³-hybridized carbons (Fsp3) is 0.500. The Hall–Kier alpha value is -1.00. The van der Waals surface area contributed by atoms with E-state index in [1.54, 1.807) is 11.8 Å². The van der Waals surface area contributed by atoms with Gasteiger partial charge < -0.3 is 10.0 Å². The first kappa shape index (κ1) is 13.4. The van der Waals surface area contributed by atoms with Crippen molar-refractivity contribution in [2.45, 2.75) is 18.2 Å². The molecule has 98 valence electrons. The number of nitrogens with zero attached hydrogens (tertiary/aromatic N) is 1. The minimum atomic E-state index is 0.196. The lowest BCUT2D eigenvalue weighted by atomic mass is 10.0. The Morgan fingerprint density at radius 2 is 2.06 bits per heavy atom. The molecule has 3 nitrogen and oxygen atoms in total. The van der Waals surface area contributed by atoms with Gasteiger partial charge in [-0.3, -0.25) is 4.79 Å². The molecule has 0 bridgehead atoms. The van der Waals surface area contributed by atoms with Crippen molar-refractivity contribution >= 4 is 17.7 Å². The van der Waals surface area contributed by atoms with Crippen LogP contribution in [0.5, 0.6) is 0 Å². The molecule has 1 fully saturated rings. The van der Waals surface area contributed by atoms with Crippen molar-refractivity contribution in [3.05, 3.63) is 29.8 Å². The largest absolute Gasteiger partial charge is 0.396 e. The lowest BCUT2D eigenvalue weighted by Crippen LogP contribution is -2.51. The Morgan fingerprint density at radius 1 is 1.39 bits per heavy atom. The Kier molecular flexibility index (Phi) is 4.66. The molecule has 4 heteroatoms. The molecule has 0 saturated carbocycles. The molecule has 0 aromatic heterocycles. The topological polar surface area (TPSA) is 40.5 Å². The molecule has 1 aromatic rings. The van der Waals surface area contributed by atoms with Crippen LogP contribution in [-0.4, -0.2) is 41.4 Å². The summed E-state index contributed by atoms with van der Waals surface area (Å²) in [5, 5.41) is 8.89. The molecule has 1 N–H and O–H groups in total. The summed E-state index contributed by atoms with van der Waals surface area (Å²) >= 11 is 1.72. The molecule has 0 unspecified atom stereocenters. The summed E-state index contributed by atoms with van der Waals surface area (Å²) in [4.78, 5) is 14.8. The van der Waals surface area contributed by atoms with Gasteiger partial charge in [-0.25, -0.2) is 0 Å². The molecule has 18 heavy (non-hydrogen) atoms. The Balaban J connectivity index is 1.66. The van der Waals surface area contributed by atoms with Gasteiger partial charge in [-0.05, 0) is 19.1 Å². The van der Waals surface area contributed by atoms with Crippen molar-refractivity contribution in [2.75, 3.05) is 25.4 Å². The number of hydrogen-bond donors (Lipinski definition) is 1. The summed E-state index contributed by atoms with van der Waals surface area (Å²) in [5.41, 5.74) is 1.26. The average Bonchev–Trinajstić information content (AvgIpc) is 2.30. The number of hydrogen-bond acceptors (Lipinski definition) is 3. The number of amides is 1. The van der Waals surface area contributed by atoms with E-state index in [1.807, 2.05) is 4.90 Å². The molecule has 0 radical (unpaired) electrons. The molecule has 2 rings (SSSR count). The number of carbonyl (C=O) groups is 1. The zero-order valence-electron chi connectivity index (χ0n) is 10.6. The van der Waals surface area contributed by atoms with Gasteiger partial charge in [0.1, 0.15) is 0 Å². The van der Waals surface area contributed by atoms with Crippen LogP contribution in [0.3, 0.4) is 0 Å². The van der Waals surface area contributed by atoms with E-state index in [9.17, 15) is 4.79 Å². The highest BCUT2D eigenvalue weighted by Gasteiger charge is 2.29. The lowest BCUT2D eigenvalue weighted by molar-refractivity contribution is -0.137. The second kappa shape index (κ2) is 6.25. The van der Waals surface area contributed by atoms with Crippen LogP contribution in [0.25, 0.3) is 0 Å². The number of aryl methyl sites for hydroxylation is 1. The Labute approximate surface area is 112 Å². The Bertz CT molecular complexity index is 399. The average molecular weight is 265 g/mol. The fourth-order valence-electron chi connectivity index (χ4n) is 1.94. The number of likely N-dealkylation sites (tertiary alicyclic amines) is 1. The van der Waals surface area contributed by atoms with Gasteiger partial charge in [-0.2, -0.15) is 0 Å². The van der Waals surface area contributed by atoms with Gasteiger partial charge in [0.25, 0.3) is 0 Å². The summed E-state index contributed by atoms with van der Waals surface area (Å²) in [5.74, 6) is 1.33. The van der Waals surface area contributed by atoms with Crippen LogP contribution in [-0.2, 0) is 4.79 Å². The maximum absolute atomic E-state index is 11.8. The third-order valence-corrected chi connectivity index (χ3v) is 4.19. The molecule has 1 saturated heterocycles. The minimum absolute atomic E-state index is 0.196. The second-order valence-corrected chi connectivity index (χ2v) is 5.93. The van der Waals surface area contributed by atoms with Crippen molar-refractivity contribution in [3.63, 3.8) is 0 Å². The van der Waals surface area contributed by atoms with E-state index >= 15 is 0 Å². The van der Waals surface area contributed by atoms with Crippen LogP contribution in [0.2, 0.25) is 0 Å². The third kappa shape index (κ3) is 3.50. The number of aliphatic hydroxyl groups excluding tert-OH is 1. The second-order valence-electron chi connectivity index (χ2n) is 4.76. The first-order valence-corrected chi connectivity index (χ1v) is 7.25. The maximum Gasteiger partial charge on any atom is 0.223 e. The van der Waals surface area contributed by atoms with Gasteiger partial charge in [0, 0.05) is 42.7 Å². The van der Waals surface area contributed by atoms with Crippen molar-refractivity contribution in [1.29, 1.82) is 0 Å². The fourth-order valence-corrected chi connectivity index (χ4v) is 2.78. The summed E-state index contributed by atoms with van der Waals surface area (Å²) in [6.45, 7) is 3.72. The van der Waals surface area contributed by atoms with E-state index < -0.39 is 0 Å². The summed E-state index contributed by atoms with van der Waals surface area (Å²) in [6.07, 6.45) is 0.580. The first-order valence-electron chi connectivity index (χ1n) is 6.27. The van der Waals surface area contributed by atoms with Crippen molar-refractivity contribution in [3.8, 4) is 0 Å². The van der Waals surface area contributed by atoms with Crippen LogP contribution >= 0.6 is 11.8 Å². The molecule has 0 aliphatic carbocycles. The molecule has 0 atom stereocenters. The molecular weight excluding hydrogens is 246 g/mol. The SMILES string of the molecule is Cc1ccc(SCCC(=O)N2CC(CO)C2)cc1. The van der Waals surface area contributed by atoms with E-state index in [1.165, 1.54) is 10.5 Å². The van der Waals surface area contributed by atoms with Gasteiger partial charge in [0.15, 0.2) is 0 Å². The van der Waals surface area contributed by atoms with Crippen LogP contribution in [0.4, 0.5) is 0 Å². The minimum Gasteiger partial charge on any atom is -0.396 e. The van der Waals surface area contributed by atoms with Crippen molar-refractivity contribution < 1.29 is 9.90 Å². The van der Waals surface area contributed by atoms with Crippen LogP contribution in [0.15, 0.2) is 29.2 Å². The van der Waals surface area contributed by atoms with Crippen LogP contribution in [0.1, 0.15) is 12.0 Å². The van der Waals surface area contributed by atoms with Crippen molar-refractivity contribution in [2.24, 2.45) is 5.92 Å². The highest BCUT2D eigenvalue weighted by atomic mass is 32.2. The molecular formula is C14H19NO2S. The highest BCUT2D eigenvalue weighted by Crippen LogP contribution is 2.21. The number of aliphatic hydroxyl groups is 1. The van der Waals surface area contributed by atoms with E-state index in [0.29, 0.717) is 12.3 Å². The maximum atomic E-state index is 11.8. The van der Waals surface area contributed by atoms with E-state index in [-0.39, 0.29) is 12.5 Å². The lowest BCUT2D eigenvalue weighted by Gasteiger charge is -2.38. The molecule has 1 aliphatic heterocycles. The van der Waals surface area contributed by atoms with Crippen molar-refractivity contribution in [1.82, 2.24) is 4.90 Å². The van der Waals surface area contributed by atoms with Gasteiger partial charge in [0.2, 0.25) is 5.91 Å². The van der Waals surface area contributed by atoms with Crippen LogP contribution in [0, 0.1) is 12.8 Å². The molecule has 1 aromatic carbocycles. The third-order valence-electron chi connectivity index (χ3n) is 3.17. The molecule has 1 amide bonds. The first-order chi connectivity index (χ1) is 8.69. The number of carbonyl (C=O) groups excluding carboxylic acids is 1. The normalized spacial score (nSPS) is 15.6. The highest BCUT2D eigenvalue weighted by molar-refractivity contribution is 7.99.